The highest BCUT2D eigenvalue weighted by Crippen LogP contribution is 2.26. The van der Waals surface area contributed by atoms with Crippen molar-refractivity contribution in [2.45, 2.75) is 19.3 Å². The van der Waals surface area contributed by atoms with Crippen LogP contribution in [0.25, 0.3) is 0 Å². The lowest BCUT2D eigenvalue weighted by molar-refractivity contribution is -0.143. The second kappa shape index (κ2) is 5.21. The lowest BCUT2D eigenvalue weighted by Crippen LogP contribution is -2.39. The van der Waals surface area contributed by atoms with E-state index >= 15 is 0 Å². The SMILES string of the molecule is O=C(O)C1CCN(CC2CCSC2)CC1. The summed E-state index contributed by atoms with van der Waals surface area (Å²) < 4.78 is 0. The fourth-order valence-electron chi connectivity index (χ4n) is 2.45. The van der Waals surface area contributed by atoms with Gasteiger partial charge in [0.1, 0.15) is 0 Å². The molecule has 2 heterocycles. The van der Waals surface area contributed by atoms with E-state index in [0.29, 0.717) is 0 Å². The number of piperidine rings is 1. The zero-order chi connectivity index (χ0) is 10.7. The second-order valence-corrected chi connectivity index (χ2v) is 5.79. The molecule has 2 aliphatic rings. The molecule has 1 unspecified atom stereocenters. The van der Waals surface area contributed by atoms with E-state index in [4.69, 9.17) is 5.11 Å². The Kier molecular flexibility index (Phi) is 3.92. The maximum Gasteiger partial charge on any atom is 0.306 e. The first-order valence-electron chi connectivity index (χ1n) is 5.78. The summed E-state index contributed by atoms with van der Waals surface area (Å²) in [6, 6.07) is 0. The summed E-state index contributed by atoms with van der Waals surface area (Å²) in [4.78, 5) is 13.2. The van der Waals surface area contributed by atoms with Gasteiger partial charge in [-0.25, -0.2) is 0 Å². The Labute approximate surface area is 95.2 Å². The van der Waals surface area contributed by atoms with Crippen LogP contribution in [0.4, 0.5) is 0 Å². The maximum atomic E-state index is 10.8. The largest absolute Gasteiger partial charge is 0.481 e. The Morgan fingerprint density at radius 3 is 2.60 bits per heavy atom. The van der Waals surface area contributed by atoms with Gasteiger partial charge in [0.2, 0.25) is 0 Å². The predicted octanol–water partition coefficient (Wildman–Crippen LogP) is 1.54. The first-order chi connectivity index (χ1) is 7.25. The topological polar surface area (TPSA) is 40.5 Å². The highest BCUT2D eigenvalue weighted by molar-refractivity contribution is 7.99. The minimum Gasteiger partial charge on any atom is -0.481 e. The number of rotatable bonds is 3. The lowest BCUT2D eigenvalue weighted by atomic mass is 9.96. The highest BCUT2D eigenvalue weighted by Gasteiger charge is 2.26. The van der Waals surface area contributed by atoms with Crippen LogP contribution in [0.2, 0.25) is 0 Å². The van der Waals surface area contributed by atoms with E-state index < -0.39 is 5.97 Å². The first kappa shape index (κ1) is 11.3. The fourth-order valence-corrected chi connectivity index (χ4v) is 3.73. The molecule has 0 saturated carbocycles. The summed E-state index contributed by atoms with van der Waals surface area (Å²) in [6.45, 7) is 3.16. The van der Waals surface area contributed by atoms with Crippen molar-refractivity contribution in [1.29, 1.82) is 0 Å². The van der Waals surface area contributed by atoms with Gasteiger partial charge in [0.05, 0.1) is 5.92 Å². The van der Waals surface area contributed by atoms with Crippen LogP contribution in [0.5, 0.6) is 0 Å². The fraction of sp³-hybridized carbons (Fsp3) is 0.909. The molecule has 2 saturated heterocycles. The molecule has 4 heteroatoms. The number of carboxylic acid groups (broad SMARTS) is 1. The number of carboxylic acids is 1. The van der Waals surface area contributed by atoms with E-state index in [-0.39, 0.29) is 5.92 Å². The Hall–Kier alpha value is -0.220. The lowest BCUT2D eigenvalue weighted by Gasteiger charge is -2.31. The van der Waals surface area contributed by atoms with Gasteiger partial charge in [0.25, 0.3) is 0 Å². The molecule has 0 radical (unpaired) electrons. The van der Waals surface area contributed by atoms with E-state index in [2.05, 4.69) is 16.7 Å². The molecule has 1 N–H and O–H groups in total. The van der Waals surface area contributed by atoms with Gasteiger partial charge in [-0.2, -0.15) is 11.8 Å². The number of likely N-dealkylation sites (tertiary alicyclic amines) is 1. The second-order valence-electron chi connectivity index (χ2n) is 4.64. The third-order valence-corrected chi connectivity index (χ3v) is 4.71. The van der Waals surface area contributed by atoms with Crippen molar-refractivity contribution in [1.82, 2.24) is 4.90 Å². The van der Waals surface area contributed by atoms with Gasteiger partial charge in [0, 0.05) is 6.54 Å². The van der Waals surface area contributed by atoms with Crippen molar-refractivity contribution in [2.24, 2.45) is 11.8 Å². The molecule has 0 aromatic carbocycles. The quantitative estimate of drug-likeness (QED) is 0.797. The average molecular weight is 229 g/mol. The number of aliphatic carboxylic acids is 1. The Morgan fingerprint density at radius 1 is 1.33 bits per heavy atom. The normalized spacial score (nSPS) is 29.5. The minimum absolute atomic E-state index is 0.0841. The molecule has 2 rings (SSSR count). The number of thioether (sulfide) groups is 1. The molecule has 0 amide bonds. The van der Waals surface area contributed by atoms with Crippen LogP contribution in [0, 0.1) is 11.8 Å². The van der Waals surface area contributed by atoms with E-state index in [0.717, 1.165) is 31.8 Å². The van der Waals surface area contributed by atoms with Gasteiger partial charge >= 0.3 is 5.97 Å². The third kappa shape index (κ3) is 3.11. The van der Waals surface area contributed by atoms with Gasteiger partial charge < -0.3 is 10.0 Å². The van der Waals surface area contributed by atoms with Crippen molar-refractivity contribution < 1.29 is 9.90 Å². The van der Waals surface area contributed by atoms with Gasteiger partial charge in [-0.3, -0.25) is 4.79 Å². The first-order valence-corrected chi connectivity index (χ1v) is 6.94. The Morgan fingerprint density at radius 2 is 2.07 bits per heavy atom. The summed E-state index contributed by atoms with van der Waals surface area (Å²) >= 11 is 2.06. The van der Waals surface area contributed by atoms with Crippen LogP contribution in [-0.4, -0.2) is 47.1 Å². The smallest absolute Gasteiger partial charge is 0.306 e. The van der Waals surface area contributed by atoms with Crippen LogP contribution in [0.15, 0.2) is 0 Å². The minimum atomic E-state index is -0.605. The van der Waals surface area contributed by atoms with Crippen LogP contribution >= 0.6 is 11.8 Å². The molecular formula is C11H19NO2S. The van der Waals surface area contributed by atoms with Crippen LogP contribution in [0.3, 0.4) is 0 Å². The van der Waals surface area contributed by atoms with Crippen molar-refractivity contribution in [3.63, 3.8) is 0 Å². The molecule has 15 heavy (non-hydrogen) atoms. The summed E-state index contributed by atoms with van der Waals surface area (Å²) in [7, 11) is 0. The Balaban J connectivity index is 1.71. The van der Waals surface area contributed by atoms with Crippen LogP contribution < -0.4 is 0 Å². The predicted molar refractivity (Wildman–Crippen MR) is 62.2 cm³/mol. The molecule has 2 fully saturated rings. The summed E-state index contributed by atoms with van der Waals surface area (Å²) in [5.74, 6) is 2.79. The van der Waals surface area contributed by atoms with E-state index in [1.807, 2.05) is 0 Å². The number of hydrogen-bond acceptors (Lipinski definition) is 3. The standard InChI is InChI=1S/C11H19NO2S/c13-11(14)10-1-4-12(5-2-10)7-9-3-6-15-8-9/h9-10H,1-8H2,(H,13,14). The number of hydrogen-bond donors (Lipinski definition) is 1. The zero-order valence-electron chi connectivity index (χ0n) is 9.02. The zero-order valence-corrected chi connectivity index (χ0v) is 9.84. The molecule has 0 aromatic heterocycles. The van der Waals surface area contributed by atoms with Crippen molar-refractivity contribution in [3.05, 3.63) is 0 Å². The van der Waals surface area contributed by atoms with Crippen molar-refractivity contribution in [3.8, 4) is 0 Å². The number of carbonyl (C=O) groups is 1. The summed E-state index contributed by atoms with van der Waals surface area (Å²) in [6.07, 6.45) is 3.04. The van der Waals surface area contributed by atoms with Gasteiger partial charge in [-0.15, -0.1) is 0 Å². The molecule has 86 valence electrons. The van der Waals surface area contributed by atoms with E-state index in [1.165, 1.54) is 24.5 Å². The van der Waals surface area contributed by atoms with E-state index in [1.54, 1.807) is 0 Å². The Bertz CT molecular complexity index is 221. The molecule has 0 spiro atoms. The summed E-state index contributed by atoms with van der Waals surface area (Å²) in [5, 5.41) is 8.89. The molecular weight excluding hydrogens is 210 g/mol. The van der Waals surface area contributed by atoms with Crippen LogP contribution in [-0.2, 0) is 4.79 Å². The number of nitrogens with zero attached hydrogens (tertiary/aromatic N) is 1. The average Bonchev–Trinajstić information content (AvgIpc) is 2.71. The highest BCUT2D eigenvalue weighted by atomic mass is 32.2. The molecule has 0 aromatic rings. The van der Waals surface area contributed by atoms with Crippen LogP contribution in [0.1, 0.15) is 19.3 Å². The van der Waals surface area contributed by atoms with Gasteiger partial charge in [-0.1, -0.05) is 0 Å². The monoisotopic (exact) mass is 229 g/mol. The molecule has 0 bridgehead atoms. The molecule has 3 nitrogen and oxygen atoms in total. The van der Waals surface area contributed by atoms with Gasteiger partial charge in [-0.05, 0) is 49.8 Å². The van der Waals surface area contributed by atoms with Gasteiger partial charge in [0.15, 0.2) is 0 Å². The third-order valence-electron chi connectivity index (χ3n) is 3.48. The maximum absolute atomic E-state index is 10.8. The van der Waals surface area contributed by atoms with Crippen molar-refractivity contribution in [2.75, 3.05) is 31.1 Å². The van der Waals surface area contributed by atoms with Crippen molar-refractivity contribution >= 4 is 17.7 Å². The van der Waals surface area contributed by atoms with E-state index in [9.17, 15) is 4.79 Å². The summed E-state index contributed by atoms with van der Waals surface area (Å²) in [5.41, 5.74) is 0. The molecule has 1 atom stereocenters. The molecule has 2 aliphatic heterocycles. The molecule has 0 aliphatic carbocycles.